The van der Waals surface area contributed by atoms with E-state index < -0.39 is 46.1 Å². The summed E-state index contributed by atoms with van der Waals surface area (Å²) in [7, 11) is -3.59. The molecular weight excluding hydrogens is 618 g/mol. The molecule has 10 nitrogen and oxygen atoms in total. The summed E-state index contributed by atoms with van der Waals surface area (Å²) in [4.78, 5) is 14.7. The summed E-state index contributed by atoms with van der Waals surface area (Å²) in [6, 6.07) is 8.03. The van der Waals surface area contributed by atoms with Crippen molar-refractivity contribution >= 4 is 15.9 Å². The van der Waals surface area contributed by atoms with Crippen molar-refractivity contribution in [2.24, 2.45) is 5.92 Å². The number of aromatic nitrogens is 2. The zero-order chi connectivity index (χ0) is 32.5. The van der Waals surface area contributed by atoms with Crippen molar-refractivity contribution in [2.75, 3.05) is 39.0 Å². The maximum Gasteiger partial charge on any atom is 0.416 e. The average molecular weight is 654 g/mol. The van der Waals surface area contributed by atoms with Crippen LogP contribution in [-0.4, -0.2) is 88.7 Å². The third-order valence-corrected chi connectivity index (χ3v) is 9.53. The van der Waals surface area contributed by atoms with Crippen LogP contribution in [0.5, 0.6) is 0 Å². The predicted molar refractivity (Wildman–Crippen MR) is 157 cm³/mol. The molecule has 3 aromatic rings. The summed E-state index contributed by atoms with van der Waals surface area (Å²) in [6.45, 7) is 1.56. The molecule has 15 heteroatoms. The highest BCUT2D eigenvalue weighted by Crippen LogP contribution is 2.37. The van der Waals surface area contributed by atoms with Crippen LogP contribution in [0.3, 0.4) is 0 Å². The van der Waals surface area contributed by atoms with Crippen LogP contribution < -0.4 is 5.32 Å². The summed E-state index contributed by atoms with van der Waals surface area (Å²) in [5.74, 6) is -1.09. The molecule has 1 aromatic heterocycles. The predicted octanol–water partition coefficient (Wildman–Crippen LogP) is 2.63. The number of sulfonamides is 1. The lowest BCUT2D eigenvalue weighted by atomic mass is 9.97. The van der Waals surface area contributed by atoms with Crippen LogP contribution in [-0.2, 0) is 42.3 Å². The molecule has 244 valence electrons. The van der Waals surface area contributed by atoms with Crippen molar-refractivity contribution in [1.82, 2.24) is 24.3 Å². The molecule has 2 unspecified atom stereocenters. The Balaban J connectivity index is 1.46. The Bertz CT molecular complexity index is 1650. The summed E-state index contributed by atoms with van der Waals surface area (Å²) < 4.78 is 83.0. The Morgan fingerprint density at radius 3 is 2.51 bits per heavy atom. The Kier molecular flexibility index (Phi) is 9.65. The van der Waals surface area contributed by atoms with Crippen molar-refractivity contribution in [3.63, 3.8) is 0 Å². The van der Waals surface area contributed by atoms with Gasteiger partial charge in [-0.2, -0.15) is 22.6 Å². The zero-order valence-electron chi connectivity index (χ0n) is 24.6. The average Bonchev–Trinajstić information content (AvgIpc) is 3.59. The molecule has 0 radical (unpaired) electrons. The quantitative estimate of drug-likeness (QED) is 0.287. The van der Waals surface area contributed by atoms with Gasteiger partial charge in [0, 0.05) is 68.1 Å². The number of aliphatic hydroxyl groups is 2. The molecule has 0 bridgehead atoms. The molecule has 2 aromatic carbocycles. The minimum absolute atomic E-state index is 0.0401. The van der Waals surface area contributed by atoms with Crippen molar-refractivity contribution in [2.45, 2.75) is 44.8 Å². The Labute approximate surface area is 258 Å². The number of β-amino-alcohol motifs (C(OH)–C–C–N with tert-alkyl or cyclic N) is 1. The van der Waals surface area contributed by atoms with E-state index >= 15 is 0 Å². The van der Waals surface area contributed by atoms with Gasteiger partial charge in [0.15, 0.2) is 0 Å². The van der Waals surface area contributed by atoms with E-state index in [9.17, 15) is 41.0 Å². The number of nitrogens with zero attached hydrogens (tertiary/aromatic N) is 4. The van der Waals surface area contributed by atoms with Gasteiger partial charge < -0.3 is 20.4 Å². The molecule has 0 spiro atoms. The first-order valence-corrected chi connectivity index (χ1v) is 16.4. The Morgan fingerprint density at radius 2 is 1.87 bits per heavy atom. The van der Waals surface area contributed by atoms with Crippen LogP contribution in [0, 0.1) is 11.7 Å². The fourth-order valence-electron chi connectivity index (χ4n) is 5.96. The van der Waals surface area contributed by atoms with Crippen LogP contribution in [0.15, 0.2) is 42.5 Å². The summed E-state index contributed by atoms with van der Waals surface area (Å²) in [5.41, 5.74) is 0.673. The van der Waals surface area contributed by atoms with Crippen LogP contribution >= 0.6 is 0 Å². The summed E-state index contributed by atoms with van der Waals surface area (Å²) in [6.07, 6.45) is -3.36. The Morgan fingerprint density at radius 1 is 1.13 bits per heavy atom. The highest BCUT2D eigenvalue weighted by atomic mass is 32.2. The second kappa shape index (κ2) is 13.2. The lowest BCUT2D eigenvalue weighted by Crippen LogP contribution is -2.37. The molecule has 1 fully saturated rings. The van der Waals surface area contributed by atoms with Gasteiger partial charge in [-0.3, -0.25) is 9.48 Å². The topological polar surface area (TPSA) is 128 Å². The minimum atomic E-state index is -4.73. The number of amides is 1. The monoisotopic (exact) mass is 653 g/mol. The van der Waals surface area contributed by atoms with Gasteiger partial charge in [-0.05, 0) is 60.8 Å². The molecule has 3 N–H and O–H groups in total. The molecule has 2 aliphatic rings. The largest absolute Gasteiger partial charge is 0.416 e. The molecule has 1 amide bonds. The molecule has 45 heavy (non-hydrogen) atoms. The van der Waals surface area contributed by atoms with Gasteiger partial charge in [-0.1, -0.05) is 6.07 Å². The van der Waals surface area contributed by atoms with Crippen LogP contribution in [0.1, 0.15) is 39.2 Å². The fraction of sp³-hybridized carbons (Fsp3) is 0.467. The highest BCUT2D eigenvalue weighted by molar-refractivity contribution is 7.88. The molecule has 0 aliphatic carbocycles. The number of benzene rings is 2. The maximum atomic E-state index is 14.0. The number of nitrogens with one attached hydrogen (secondary N) is 1. The first kappa shape index (κ1) is 33.0. The lowest BCUT2D eigenvalue weighted by Gasteiger charge is -2.26. The number of fused-ring (bicyclic) bond motifs is 1. The molecule has 3 heterocycles. The normalized spacial score (nSPS) is 18.6. The number of hydrogen-bond donors (Lipinski definition) is 3. The number of aliphatic hydroxyl groups excluding tert-OH is 2. The molecule has 5 rings (SSSR count). The Hall–Kier alpha value is -3.37. The summed E-state index contributed by atoms with van der Waals surface area (Å²) >= 11 is 0. The third kappa shape index (κ3) is 7.72. The van der Waals surface area contributed by atoms with Crippen molar-refractivity contribution in [3.05, 3.63) is 76.2 Å². The smallest absolute Gasteiger partial charge is 0.396 e. The number of carbonyl (C=O) groups excluding carboxylic acids is 1. The zero-order valence-corrected chi connectivity index (χ0v) is 25.4. The minimum Gasteiger partial charge on any atom is -0.396 e. The van der Waals surface area contributed by atoms with E-state index in [1.165, 1.54) is 28.6 Å². The van der Waals surface area contributed by atoms with E-state index in [1.807, 2.05) is 0 Å². The van der Waals surface area contributed by atoms with Crippen molar-refractivity contribution < 1.29 is 41.0 Å². The molecule has 1 saturated heterocycles. The van der Waals surface area contributed by atoms with E-state index in [2.05, 4.69) is 15.3 Å². The van der Waals surface area contributed by atoms with Gasteiger partial charge in [0.1, 0.15) is 5.82 Å². The summed E-state index contributed by atoms with van der Waals surface area (Å²) in [5, 5.41) is 27.5. The van der Waals surface area contributed by atoms with Gasteiger partial charge in [0.25, 0.3) is 5.91 Å². The second-order valence-corrected chi connectivity index (χ2v) is 13.6. The lowest BCUT2D eigenvalue weighted by molar-refractivity contribution is -0.138. The van der Waals surface area contributed by atoms with E-state index in [1.54, 1.807) is 4.68 Å². The second-order valence-electron chi connectivity index (χ2n) is 11.6. The number of carbonyl (C=O) groups is 1. The highest BCUT2D eigenvalue weighted by Gasteiger charge is 2.35. The number of alkyl halides is 3. The number of halogens is 4. The van der Waals surface area contributed by atoms with Crippen molar-refractivity contribution in [3.8, 4) is 11.3 Å². The number of hydrogen-bond acceptors (Lipinski definition) is 7. The van der Waals surface area contributed by atoms with Crippen LogP contribution in [0.2, 0.25) is 0 Å². The first-order chi connectivity index (χ1) is 21.2. The van der Waals surface area contributed by atoms with Crippen LogP contribution in [0.4, 0.5) is 17.6 Å². The maximum absolute atomic E-state index is 14.0. The molecule has 0 saturated carbocycles. The molecule has 2 atom stereocenters. The van der Waals surface area contributed by atoms with Gasteiger partial charge in [0.2, 0.25) is 10.0 Å². The van der Waals surface area contributed by atoms with Crippen LogP contribution in [0.25, 0.3) is 11.3 Å². The van der Waals surface area contributed by atoms with E-state index in [-0.39, 0.29) is 49.0 Å². The van der Waals surface area contributed by atoms with E-state index in [0.717, 1.165) is 37.4 Å². The van der Waals surface area contributed by atoms with Gasteiger partial charge in [0.05, 0.1) is 30.2 Å². The third-order valence-electron chi connectivity index (χ3n) is 8.28. The van der Waals surface area contributed by atoms with Gasteiger partial charge in [-0.15, -0.1) is 0 Å². The van der Waals surface area contributed by atoms with Crippen molar-refractivity contribution in [1.29, 1.82) is 0 Å². The fourth-order valence-corrected chi connectivity index (χ4v) is 6.74. The van der Waals surface area contributed by atoms with E-state index in [4.69, 9.17) is 0 Å². The standard InChI is InChI=1S/C30H35F4N5O5S/c1-45(43,44)38-11-9-27-25(17-38)28(36-39(27)16-24(41)15-37-10-8-19(14-37)18-40)21-4-7-26(30(32,33)34)22(12-21)13-35-29(42)20-2-5-23(31)6-3-20/h2-7,12,19,24,40-41H,8-11,13-18H2,1H3,(H,35,42). The van der Waals surface area contributed by atoms with Gasteiger partial charge in [-0.25, -0.2) is 12.8 Å². The number of likely N-dealkylation sites (tertiary alicyclic amines) is 1. The molecular formula is C30H35F4N5O5S. The molecule has 2 aliphatic heterocycles. The van der Waals surface area contributed by atoms with E-state index in [0.29, 0.717) is 36.3 Å². The first-order valence-electron chi connectivity index (χ1n) is 14.5. The number of rotatable bonds is 10. The van der Waals surface area contributed by atoms with Gasteiger partial charge >= 0.3 is 6.18 Å². The SMILES string of the molecule is CS(=O)(=O)N1CCc2c(c(-c3ccc(C(F)(F)F)c(CNC(=O)c4ccc(F)cc4)c3)nn2CC(O)CN2CCC(CO)C2)C1.